The summed E-state index contributed by atoms with van der Waals surface area (Å²) in [6, 6.07) is 5.74. The summed E-state index contributed by atoms with van der Waals surface area (Å²) < 4.78 is 18.1. The number of hydrogen-bond acceptors (Lipinski definition) is 4. The number of aromatic amines is 1. The van der Waals surface area contributed by atoms with Gasteiger partial charge in [-0.1, -0.05) is 6.07 Å². The molecule has 1 heterocycles. The summed E-state index contributed by atoms with van der Waals surface area (Å²) in [5.41, 5.74) is 0. The monoisotopic (exact) mass is 250 g/mol. The van der Waals surface area contributed by atoms with Crippen molar-refractivity contribution in [3.05, 3.63) is 36.4 Å². The molecule has 2 N–H and O–H groups in total. The molecule has 1 aromatic carbocycles. The maximum atomic E-state index is 12.8. The lowest BCUT2D eigenvalue weighted by Gasteiger charge is -2.05. The second-order valence-electron chi connectivity index (χ2n) is 3.44. The Hall–Kier alpha value is -2.44. The van der Waals surface area contributed by atoms with Crippen molar-refractivity contribution in [3.8, 4) is 5.75 Å². The third-order valence-electron chi connectivity index (χ3n) is 2.07. The van der Waals surface area contributed by atoms with Gasteiger partial charge in [-0.15, -0.1) is 0 Å². The molecule has 0 radical (unpaired) electrons. The van der Waals surface area contributed by atoms with E-state index in [0.717, 1.165) is 0 Å². The van der Waals surface area contributed by atoms with Gasteiger partial charge in [0, 0.05) is 6.07 Å². The Morgan fingerprint density at radius 1 is 1.50 bits per heavy atom. The number of carbonyl (C=O) groups is 1. The summed E-state index contributed by atoms with van der Waals surface area (Å²) in [4.78, 5) is 15.2. The Labute approximate surface area is 102 Å². The molecule has 0 bridgehead atoms. The Morgan fingerprint density at radius 2 is 2.39 bits per heavy atom. The second kappa shape index (κ2) is 5.76. The van der Waals surface area contributed by atoms with Gasteiger partial charge in [0.25, 0.3) is 0 Å². The topological polar surface area (TPSA) is 79.9 Å². The number of carbonyl (C=O) groups excluding carboxylic acids is 1. The van der Waals surface area contributed by atoms with Gasteiger partial charge < -0.3 is 4.74 Å². The van der Waals surface area contributed by atoms with Crippen molar-refractivity contribution < 1.29 is 13.9 Å². The minimum atomic E-state index is -0.376. The molecule has 0 saturated carbocycles. The van der Waals surface area contributed by atoms with E-state index < -0.39 is 0 Å². The van der Waals surface area contributed by atoms with Crippen molar-refractivity contribution in [1.29, 1.82) is 0 Å². The van der Waals surface area contributed by atoms with E-state index in [4.69, 9.17) is 4.74 Å². The molecule has 0 aliphatic carbocycles. The molecule has 0 aliphatic heterocycles. The van der Waals surface area contributed by atoms with Crippen molar-refractivity contribution in [1.82, 2.24) is 15.2 Å². The molecule has 94 valence electrons. The van der Waals surface area contributed by atoms with Crippen LogP contribution in [0.3, 0.4) is 0 Å². The molecule has 7 heteroatoms. The number of halogens is 1. The minimum Gasteiger partial charge on any atom is -0.493 e. The predicted octanol–water partition coefficient (Wildman–Crippen LogP) is 1.35. The molecule has 6 nitrogen and oxygen atoms in total. The van der Waals surface area contributed by atoms with Gasteiger partial charge in [-0.25, -0.2) is 9.49 Å². The zero-order valence-corrected chi connectivity index (χ0v) is 9.39. The van der Waals surface area contributed by atoms with E-state index in [9.17, 15) is 9.18 Å². The quantitative estimate of drug-likeness (QED) is 0.839. The predicted molar refractivity (Wildman–Crippen MR) is 61.5 cm³/mol. The first-order chi connectivity index (χ1) is 8.74. The number of hydrogen-bond donors (Lipinski definition) is 2. The molecule has 1 amide bonds. The Bertz CT molecular complexity index is 516. The minimum absolute atomic E-state index is 0.136. The Morgan fingerprint density at radius 3 is 3.11 bits per heavy atom. The first kappa shape index (κ1) is 12.0. The van der Waals surface area contributed by atoms with E-state index in [2.05, 4.69) is 20.5 Å². The van der Waals surface area contributed by atoms with Gasteiger partial charge >= 0.3 is 0 Å². The van der Waals surface area contributed by atoms with Gasteiger partial charge in [-0.3, -0.25) is 10.1 Å². The maximum absolute atomic E-state index is 12.8. The molecule has 2 aromatic rings. The molecule has 0 saturated heterocycles. The van der Waals surface area contributed by atoms with Crippen LogP contribution in [0.25, 0.3) is 0 Å². The van der Waals surface area contributed by atoms with Crippen LogP contribution in [-0.4, -0.2) is 27.7 Å². The number of amides is 1. The summed E-state index contributed by atoms with van der Waals surface area (Å²) >= 11 is 0. The fourth-order valence-corrected chi connectivity index (χ4v) is 1.28. The summed E-state index contributed by atoms with van der Waals surface area (Å²) in [6.07, 6.45) is 1.43. The van der Waals surface area contributed by atoms with Crippen molar-refractivity contribution >= 4 is 11.9 Å². The molecule has 2 rings (SSSR count). The molecule has 0 fully saturated rings. The fourth-order valence-electron chi connectivity index (χ4n) is 1.28. The van der Waals surface area contributed by atoms with Gasteiger partial charge in [-0.2, -0.15) is 10.1 Å². The van der Waals surface area contributed by atoms with E-state index in [0.29, 0.717) is 5.75 Å². The highest BCUT2D eigenvalue weighted by Gasteiger charge is 2.04. The van der Waals surface area contributed by atoms with Crippen LogP contribution in [-0.2, 0) is 4.79 Å². The summed E-state index contributed by atoms with van der Waals surface area (Å²) in [5, 5.41) is 8.59. The standard InChI is InChI=1S/C11H11FN4O2/c12-8-2-1-3-9(6-8)18-5-4-10(17)15-11-13-7-14-16-11/h1-3,6-7H,4-5H2,(H2,13,14,15,16,17). The first-order valence-electron chi connectivity index (χ1n) is 5.27. The zero-order valence-electron chi connectivity index (χ0n) is 9.39. The Kier molecular flexibility index (Phi) is 3.85. The maximum Gasteiger partial charge on any atom is 0.230 e. The van der Waals surface area contributed by atoms with Crippen molar-refractivity contribution in [3.63, 3.8) is 0 Å². The van der Waals surface area contributed by atoms with E-state index in [1.807, 2.05) is 0 Å². The molecule has 0 spiro atoms. The van der Waals surface area contributed by atoms with Gasteiger partial charge in [-0.05, 0) is 12.1 Å². The SMILES string of the molecule is O=C(CCOc1cccc(F)c1)Nc1ncn[nH]1. The zero-order chi connectivity index (χ0) is 12.8. The molecular weight excluding hydrogens is 239 g/mol. The molecule has 0 aliphatic rings. The average molecular weight is 250 g/mol. The van der Waals surface area contributed by atoms with Gasteiger partial charge in [0.1, 0.15) is 17.9 Å². The summed E-state index contributed by atoms with van der Waals surface area (Å²) in [5.74, 6) is 0.0370. The van der Waals surface area contributed by atoms with Crippen LogP contribution in [0.1, 0.15) is 6.42 Å². The van der Waals surface area contributed by atoms with Crippen LogP contribution in [0.4, 0.5) is 10.3 Å². The van der Waals surface area contributed by atoms with E-state index in [1.165, 1.54) is 18.5 Å². The second-order valence-corrected chi connectivity index (χ2v) is 3.44. The smallest absolute Gasteiger partial charge is 0.230 e. The number of nitrogens with one attached hydrogen (secondary N) is 2. The lowest BCUT2D eigenvalue weighted by molar-refractivity contribution is -0.116. The molecule has 0 atom stereocenters. The molecular formula is C11H11FN4O2. The Balaban J connectivity index is 1.73. The fraction of sp³-hybridized carbons (Fsp3) is 0.182. The third kappa shape index (κ3) is 3.55. The highest BCUT2D eigenvalue weighted by molar-refractivity contribution is 5.88. The molecule has 18 heavy (non-hydrogen) atoms. The highest BCUT2D eigenvalue weighted by atomic mass is 19.1. The van der Waals surface area contributed by atoms with Crippen molar-refractivity contribution in [2.45, 2.75) is 6.42 Å². The van der Waals surface area contributed by atoms with Crippen LogP contribution in [0, 0.1) is 5.82 Å². The largest absolute Gasteiger partial charge is 0.493 e. The van der Waals surface area contributed by atoms with Gasteiger partial charge in [0.15, 0.2) is 0 Å². The first-order valence-corrected chi connectivity index (χ1v) is 5.27. The summed E-state index contributed by atoms with van der Waals surface area (Å²) in [7, 11) is 0. The normalized spacial score (nSPS) is 10.1. The number of H-pyrrole nitrogens is 1. The van der Waals surface area contributed by atoms with Crippen molar-refractivity contribution in [2.24, 2.45) is 0 Å². The number of benzene rings is 1. The highest BCUT2D eigenvalue weighted by Crippen LogP contribution is 2.12. The average Bonchev–Trinajstić information content (AvgIpc) is 2.82. The molecule has 0 unspecified atom stereocenters. The third-order valence-corrected chi connectivity index (χ3v) is 2.07. The lowest BCUT2D eigenvalue weighted by atomic mass is 10.3. The number of rotatable bonds is 5. The van der Waals surface area contributed by atoms with E-state index in [1.54, 1.807) is 12.1 Å². The lowest BCUT2D eigenvalue weighted by Crippen LogP contribution is -2.16. The van der Waals surface area contributed by atoms with Crippen LogP contribution in [0.2, 0.25) is 0 Å². The number of aromatic nitrogens is 3. The van der Waals surface area contributed by atoms with Gasteiger partial charge in [0.05, 0.1) is 13.0 Å². The van der Waals surface area contributed by atoms with Crippen LogP contribution in [0.15, 0.2) is 30.6 Å². The van der Waals surface area contributed by atoms with Crippen LogP contribution in [0.5, 0.6) is 5.75 Å². The van der Waals surface area contributed by atoms with Crippen molar-refractivity contribution in [2.75, 3.05) is 11.9 Å². The van der Waals surface area contributed by atoms with Gasteiger partial charge in [0.2, 0.25) is 11.9 Å². The van der Waals surface area contributed by atoms with Crippen LogP contribution >= 0.6 is 0 Å². The number of ether oxygens (including phenoxy) is 1. The van der Waals surface area contributed by atoms with E-state index >= 15 is 0 Å². The number of nitrogens with zero attached hydrogens (tertiary/aromatic N) is 2. The summed E-state index contributed by atoms with van der Waals surface area (Å²) in [6.45, 7) is 0.156. The number of anilines is 1. The van der Waals surface area contributed by atoms with Crippen LogP contribution < -0.4 is 10.1 Å². The molecule has 1 aromatic heterocycles. The van der Waals surface area contributed by atoms with E-state index in [-0.39, 0.29) is 30.7 Å².